The minimum absolute atomic E-state index is 0.121. The molecule has 0 aliphatic carbocycles. The van der Waals surface area contributed by atoms with Crippen molar-refractivity contribution in [3.8, 4) is 10.4 Å². The van der Waals surface area contributed by atoms with Crippen LogP contribution < -0.4 is 10.9 Å². The number of carbonyl (C=O) groups excluding carboxylic acids is 1. The SMILES string of the molecule is Cc1ccc(NC(=O)Cn2cnc3sc(-c4ccccc4)cc3c2=O)cc1Cl. The molecule has 28 heavy (non-hydrogen) atoms. The largest absolute Gasteiger partial charge is 0.324 e. The van der Waals surface area contributed by atoms with Crippen LogP contribution >= 0.6 is 22.9 Å². The zero-order chi connectivity index (χ0) is 19.7. The van der Waals surface area contributed by atoms with Crippen molar-refractivity contribution in [2.45, 2.75) is 13.5 Å². The summed E-state index contributed by atoms with van der Waals surface area (Å²) in [6, 6.07) is 16.9. The molecule has 2 aromatic heterocycles. The predicted octanol–water partition coefficient (Wildman–Crippen LogP) is 4.73. The number of nitrogens with zero attached hydrogens (tertiary/aromatic N) is 2. The minimum atomic E-state index is -0.318. The van der Waals surface area contributed by atoms with Gasteiger partial charge in [-0.1, -0.05) is 48.0 Å². The molecule has 0 saturated carbocycles. The van der Waals surface area contributed by atoms with Crippen molar-refractivity contribution >= 4 is 44.7 Å². The van der Waals surface area contributed by atoms with Crippen molar-refractivity contribution in [3.05, 3.63) is 81.9 Å². The monoisotopic (exact) mass is 409 g/mol. The summed E-state index contributed by atoms with van der Waals surface area (Å²) >= 11 is 7.54. The number of hydrogen-bond donors (Lipinski definition) is 1. The van der Waals surface area contributed by atoms with Gasteiger partial charge in [0.2, 0.25) is 5.91 Å². The van der Waals surface area contributed by atoms with Gasteiger partial charge in [0, 0.05) is 15.6 Å². The molecule has 140 valence electrons. The third-order valence-corrected chi connectivity index (χ3v) is 5.85. The molecule has 0 atom stereocenters. The number of rotatable bonds is 4. The summed E-state index contributed by atoms with van der Waals surface area (Å²) < 4.78 is 1.31. The van der Waals surface area contributed by atoms with Crippen LogP contribution in [-0.2, 0) is 11.3 Å². The molecule has 0 aliphatic heterocycles. The molecule has 4 aromatic rings. The second-order valence-electron chi connectivity index (χ2n) is 6.39. The predicted molar refractivity (Wildman–Crippen MR) is 114 cm³/mol. The molecule has 0 aliphatic rings. The number of benzene rings is 2. The summed E-state index contributed by atoms with van der Waals surface area (Å²) in [7, 11) is 0. The minimum Gasteiger partial charge on any atom is -0.324 e. The number of amides is 1. The van der Waals surface area contributed by atoms with Gasteiger partial charge in [-0.15, -0.1) is 11.3 Å². The van der Waals surface area contributed by atoms with Gasteiger partial charge in [0.1, 0.15) is 11.4 Å². The Hall–Kier alpha value is -2.96. The van der Waals surface area contributed by atoms with Crippen LogP contribution in [0.4, 0.5) is 5.69 Å². The first-order chi connectivity index (χ1) is 13.5. The van der Waals surface area contributed by atoms with Gasteiger partial charge in [0.15, 0.2) is 0 Å². The van der Waals surface area contributed by atoms with Gasteiger partial charge in [-0.2, -0.15) is 0 Å². The Morgan fingerprint density at radius 2 is 1.96 bits per heavy atom. The highest BCUT2D eigenvalue weighted by Gasteiger charge is 2.12. The fourth-order valence-electron chi connectivity index (χ4n) is 2.84. The van der Waals surface area contributed by atoms with Crippen molar-refractivity contribution in [3.63, 3.8) is 0 Å². The average Bonchev–Trinajstić information content (AvgIpc) is 3.13. The fourth-order valence-corrected chi connectivity index (χ4v) is 4.02. The molecule has 0 bridgehead atoms. The Labute approximate surface area is 170 Å². The Balaban J connectivity index is 1.58. The Morgan fingerprint density at radius 3 is 2.71 bits per heavy atom. The zero-order valence-electron chi connectivity index (χ0n) is 15.0. The molecular weight excluding hydrogens is 394 g/mol. The Bertz CT molecular complexity index is 1230. The molecule has 2 heterocycles. The highest BCUT2D eigenvalue weighted by atomic mass is 35.5. The van der Waals surface area contributed by atoms with E-state index in [2.05, 4.69) is 10.3 Å². The lowest BCUT2D eigenvalue weighted by Crippen LogP contribution is -2.27. The number of fused-ring (bicyclic) bond motifs is 1. The summed E-state index contributed by atoms with van der Waals surface area (Å²) in [5.74, 6) is -0.318. The van der Waals surface area contributed by atoms with Crippen molar-refractivity contribution in [2.24, 2.45) is 0 Å². The summed E-state index contributed by atoms with van der Waals surface area (Å²) in [5.41, 5.74) is 2.31. The van der Waals surface area contributed by atoms with E-state index in [9.17, 15) is 9.59 Å². The van der Waals surface area contributed by atoms with E-state index >= 15 is 0 Å². The standard InChI is InChI=1S/C21H16ClN3O2S/c1-13-7-8-15(9-17(13)22)24-19(26)11-25-12-23-20-16(21(25)27)10-18(28-20)14-5-3-2-4-6-14/h2-10,12H,11H2,1H3,(H,24,26). The number of hydrogen-bond acceptors (Lipinski definition) is 4. The summed E-state index contributed by atoms with van der Waals surface area (Å²) in [5, 5.41) is 3.84. The van der Waals surface area contributed by atoms with Gasteiger partial charge in [0.05, 0.1) is 11.7 Å². The molecule has 0 spiro atoms. The Morgan fingerprint density at radius 1 is 1.18 bits per heavy atom. The van der Waals surface area contributed by atoms with E-state index in [-0.39, 0.29) is 18.0 Å². The van der Waals surface area contributed by atoms with Crippen molar-refractivity contribution in [1.29, 1.82) is 0 Å². The number of halogens is 1. The van der Waals surface area contributed by atoms with Crippen molar-refractivity contribution < 1.29 is 4.79 Å². The van der Waals surface area contributed by atoms with Gasteiger partial charge < -0.3 is 5.32 Å². The third-order valence-electron chi connectivity index (χ3n) is 4.35. The van der Waals surface area contributed by atoms with Crippen LogP contribution in [0.15, 0.2) is 65.7 Å². The molecule has 4 rings (SSSR count). The summed E-state index contributed by atoms with van der Waals surface area (Å²) in [6.07, 6.45) is 1.41. The molecule has 1 N–H and O–H groups in total. The van der Waals surface area contributed by atoms with Crippen LogP contribution in [0.5, 0.6) is 0 Å². The van der Waals surface area contributed by atoms with Crippen LogP contribution in [0.3, 0.4) is 0 Å². The fraction of sp³-hybridized carbons (Fsp3) is 0.0952. The number of aromatic nitrogens is 2. The van der Waals surface area contributed by atoms with E-state index in [1.165, 1.54) is 22.2 Å². The van der Waals surface area contributed by atoms with Crippen LogP contribution in [0.2, 0.25) is 5.02 Å². The van der Waals surface area contributed by atoms with E-state index < -0.39 is 0 Å². The third kappa shape index (κ3) is 3.69. The van der Waals surface area contributed by atoms with E-state index in [1.807, 2.05) is 49.4 Å². The van der Waals surface area contributed by atoms with E-state index in [4.69, 9.17) is 11.6 Å². The molecule has 7 heteroatoms. The molecule has 0 saturated heterocycles. The molecule has 0 fully saturated rings. The van der Waals surface area contributed by atoms with Crippen LogP contribution in [0.1, 0.15) is 5.56 Å². The van der Waals surface area contributed by atoms with Gasteiger partial charge in [-0.05, 0) is 36.2 Å². The zero-order valence-corrected chi connectivity index (χ0v) is 16.6. The lowest BCUT2D eigenvalue weighted by atomic mass is 10.2. The quantitative estimate of drug-likeness (QED) is 0.530. The molecular formula is C21H16ClN3O2S. The topological polar surface area (TPSA) is 64.0 Å². The second-order valence-corrected chi connectivity index (χ2v) is 7.82. The van der Waals surface area contributed by atoms with Gasteiger partial charge in [0.25, 0.3) is 5.56 Å². The number of anilines is 1. The smallest absolute Gasteiger partial charge is 0.262 e. The van der Waals surface area contributed by atoms with E-state index in [1.54, 1.807) is 12.1 Å². The normalized spacial score (nSPS) is 10.9. The molecule has 2 aromatic carbocycles. The maximum Gasteiger partial charge on any atom is 0.262 e. The van der Waals surface area contributed by atoms with Crippen molar-refractivity contribution in [1.82, 2.24) is 9.55 Å². The van der Waals surface area contributed by atoms with Crippen LogP contribution in [0, 0.1) is 6.92 Å². The highest BCUT2D eigenvalue weighted by Crippen LogP contribution is 2.30. The highest BCUT2D eigenvalue weighted by molar-refractivity contribution is 7.21. The molecule has 0 radical (unpaired) electrons. The maximum absolute atomic E-state index is 12.8. The molecule has 0 unspecified atom stereocenters. The van der Waals surface area contributed by atoms with Crippen molar-refractivity contribution in [2.75, 3.05) is 5.32 Å². The first kappa shape index (κ1) is 18.4. The van der Waals surface area contributed by atoms with Crippen LogP contribution in [-0.4, -0.2) is 15.5 Å². The lowest BCUT2D eigenvalue weighted by Gasteiger charge is -2.08. The second kappa shape index (κ2) is 7.58. The van der Waals surface area contributed by atoms with Gasteiger partial charge in [-0.3, -0.25) is 14.2 Å². The van der Waals surface area contributed by atoms with Gasteiger partial charge >= 0.3 is 0 Å². The number of aryl methyl sites for hydroxylation is 1. The lowest BCUT2D eigenvalue weighted by molar-refractivity contribution is -0.116. The first-order valence-electron chi connectivity index (χ1n) is 8.61. The summed E-state index contributed by atoms with van der Waals surface area (Å²) in [4.78, 5) is 31.1. The molecule has 5 nitrogen and oxygen atoms in total. The summed E-state index contributed by atoms with van der Waals surface area (Å²) in [6.45, 7) is 1.77. The maximum atomic E-state index is 12.8. The van der Waals surface area contributed by atoms with E-state index in [0.29, 0.717) is 20.9 Å². The number of carbonyl (C=O) groups is 1. The number of thiophene rings is 1. The van der Waals surface area contributed by atoms with Crippen LogP contribution in [0.25, 0.3) is 20.7 Å². The number of nitrogens with one attached hydrogen (secondary N) is 1. The van der Waals surface area contributed by atoms with Gasteiger partial charge in [-0.25, -0.2) is 4.98 Å². The van der Waals surface area contributed by atoms with E-state index in [0.717, 1.165) is 16.0 Å². The average molecular weight is 410 g/mol. The Kier molecular flexibility index (Phi) is 4.98. The first-order valence-corrected chi connectivity index (χ1v) is 9.81. The molecule has 1 amide bonds.